The van der Waals surface area contributed by atoms with E-state index in [0.717, 1.165) is 17.7 Å². The summed E-state index contributed by atoms with van der Waals surface area (Å²) in [5.41, 5.74) is 2.80. The zero-order valence-corrected chi connectivity index (χ0v) is 16.5. The number of likely N-dealkylation sites (tertiary alicyclic amines) is 1. The molecule has 1 aliphatic rings. The van der Waals surface area contributed by atoms with Crippen molar-refractivity contribution in [2.75, 3.05) is 18.4 Å². The van der Waals surface area contributed by atoms with Crippen LogP contribution in [0.15, 0.2) is 48.8 Å². The molecule has 4 rings (SSSR count). The average molecular weight is 408 g/mol. The molecule has 2 aromatic carbocycles. The Morgan fingerprint density at radius 3 is 2.70 bits per heavy atom. The van der Waals surface area contributed by atoms with Gasteiger partial charge in [-0.2, -0.15) is 0 Å². The van der Waals surface area contributed by atoms with Gasteiger partial charge in [-0.25, -0.2) is 9.07 Å². The maximum absolute atomic E-state index is 13.1. The van der Waals surface area contributed by atoms with Gasteiger partial charge in [0.1, 0.15) is 12.1 Å². The van der Waals surface area contributed by atoms with Gasteiger partial charge in [-0.05, 0) is 72.2 Å². The number of piperidine rings is 1. The van der Waals surface area contributed by atoms with E-state index < -0.39 is 0 Å². The highest BCUT2D eigenvalue weighted by Crippen LogP contribution is 2.23. The van der Waals surface area contributed by atoms with Gasteiger partial charge in [0.15, 0.2) is 0 Å². The van der Waals surface area contributed by atoms with Crippen molar-refractivity contribution in [3.8, 4) is 5.69 Å². The van der Waals surface area contributed by atoms with Crippen molar-refractivity contribution in [1.29, 1.82) is 0 Å². The van der Waals surface area contributed by atoms with E-state index in [2.05, 4.69) is 20.8 Å². The lowest BCUT2D eigenvalue weighted by molar-refractivity contribution is -0.121. The monoisotopic (exact) mass is 408 g/mol. The maximum atomic E-state index is 13.1. The average Bonchev–Trinajstić information content (AvgIpc) is 3.30. The third kappa shape index (κ3) is 4.19. The molecular weight excluding hydrogens is 387 g/mol. The van der Waals surface area contributed by atoms with Crippen LogP contribution in [-0.4, -0.2) is 50.0 Å². The summed E-state index contributed by atoms with van der Waals surface area (Å²) in [4.78, 5) is 27.2. The van der Waals surface area contributed by atoms with Gasteiger partial charge in [-0.3, -0.25) is 9.59 Å². The molecule has 1 unspecified atom stereocenters. The van der Waals surface area contributed by atoms with E-state index in [1.54, 1.807) is 4.90 Å². The number of nitrogens with one attached hydrogen (secondary N) is 1. The van der Waals surface area contributed by atoms with Gasteiger partial charge in [-0.15, -0.1) is 5.10 Å². The fraction of sp³-hybridized carbons (Fsp3) is 0.286. The number of carbonyl (C=O) groups is 2. The molecule has 1 aliphatic heterocycles. The van der Waals surface area contributed by atoms with Gasteiger partial charge >= 0.3 is 0 Å². The molecular formula is C21H21FN6O2. The number of tetrazole rings is 1. The first-order chi connectivity index (χ1) is 14.5. The zero-order chi connectivity index (χ0) is 21.1. The lowest BCUT2D eigenvalue weighted by Crippen LogP contribution is -2.43. The number of benzene rings is 2. The molecule has 0 aliphatic carbocycles. The van der Waals surface area contributed by atoms with Gasteiger partial charge in [0.25, 0.3) is 5.91 Å². The summed E-state index contributed by atoms with van der Waals surface area (Å²) < 4.78 is 14.7. The van der Waals surface area contributed by atoms with Crippen molar-refractivity contribution in [3.63, 3.8) is 0 Å². The van der Waals surface area contributed by atoms with Crippen molar-refractivity contribution in [2.45, 2.75) is 19.8 Å². The lowest BCUT2D eigenvalue weighted by Gasteiger charge is -2.32. The van der Waals surface area contributed by atoms with Crippen LogP contribution in [-0.2, 0) is 4.79 Å². The van der Waals surface area contributed by atoms with Gasteiger partial charge in [0.05, 0.1) is 11.6 Å². The van der Waals surface area contributed by atoms with Crippen LogP contribution in [0.5, 0.6) is 0 Å². The van der Waals surface area contributed by atoms with Gasteiger partial charge in [0, 0.05) is 24.3 Å². The summed E-state index contributed by atoms with van der Waals surface area (Å²) in [5.74, 6) is -1.04. The summed E-state index contributed by atoms with van der Waals surface area (Å²) in [7, 11) is 0. The Balaban J connectivity index is 1.44. The highest BCUT2D eigenvalue weighted by atomic mass is 19.1. The molecule has 8 nitrogen and oxygen atoms in total. The van der Waals surface area contributed by atoms with Gasteiger partial charge < -0.3 is 10.2 Å². The molecule has 1 fully saturated rings. The summed E-state index contributed by atoms with van der Waals surface area (Å²) in [5, 5.41) is 14.1. The van der Waals surface area contributed by atoms with Crippen LogP contribution in [0.4, 0.5) is 10.1 Å². The van der Waals surface area contributed by atoms with Crippen molar-refractivity contribution < 1.29 is 14.0 Å². The van der Waals surface area contributed by atoms with Crippen molar-refractivity contribution >= 4 is 17.5 Å². The number of aromatic nitrogens is 4. The smallest absolute Gasteiger partial charge is 0.253 e. The third-order valence-corrected chi connectivity index (χ3v) is 5.24. The van der Waals surface area contributed by atoms with Crippen LogP contribution in [0.3, 0.4) is 0 Å². The van der Waals surface area contributed by atoms with Crippen molar-refractivity contribution in [2.24, 2.45) is 5.92 Å². The topological polar surface area (TPSA) is 93.0 Å². The summed E-state index contributed by atoms with van der Waals surface area (Å²) >= 11 is 0. The SMILES string of the molecule is Cc1ccc(NC(=O)C2CCCN(C(=O)c3ccc(F)cc3)C2)cc1-n1cnnn1. The first kappa shape index (κ1) is 19.7. The molecule has 1 N–H and O–H groups in total. The van der Waals surface area contributed by atoms with E-state index in [9.17, 15) is 14.0 Å². The molecule has 1 saturated heterocycles. The second-order valence-electron chi connectivity index (χ2n) is 7.34. The minimum absolute atomic E-state index is 0.141. The summed E-state index contributed by atoms with van der Waals surface area (Å²) in [6, 6.07) is 11.0. The molecule has 0 saturated carbocycles. The Morgan fingerprint density at radius 2 is 1.97 bits per heavy atom. The Kier molecular flexibility index (Phi) is 5.51. The molecule has 0 spiro atoms. The highest BCUT2D eigenvalue weighted by molar-refractivity contribution is 5.96. The predicted octanol–water partition coefficient (Wildman–Crippen LogP) is 2.60. The summed E-state index contributed by atoms with van der Waals surface area (Å²) in [6.45, 7) is 2.84. The number of hydrogen-bond donors (Lipinski definition) is 1. The number of nitrogens with zero attached hydrogens (tertiary/aromatic N) is 5. The number of hydrogen-bond acceptors (Lipinski definition) is 5. The lowest BCUT2D eigenvalue weighted by atomic mass is 9.96. The number of aryl methyl sites for hydroxylation is 1. The Labute approximate surface area is 172 Å². The van der Waals surface area contributed by atoms with E-state index in [1.165, 1.54) is 35.3 Å². The van der Waals surface area contributed by atoms with E-state index in [1.807, 2.05) is 25.1 Å². The minimum Gasteiger partial charge on any atom is -0.338 e. The fourth-order valence-electron chi connectivity index (χ4n) is 3.60. The highest BCUT2D eigenvalue weighted by Gasteiger charge is 2.29. The normalized spacial score (nSPS) is 16.3. The first-order valence-corrected chi connectivity index (χ1v) is 9.71. The van der Waals surface area contributed by atoms with E-state index in [-0.39, 0.29) is 23.5 Å². The Bertz CT molecular complexity index is 1050. The fourth-order valence-corrected chi connectivity index (χ4v) is 3.60. The Morgan fingerprint density at radius 1 is 1.17 bits per heavy atom. The summed E-state index contributed by atoms with van der Waals surface area (Å²) in [6.07, 6.45) is 2.92. The number of rotatable bonds is 4. The van der Waals surface area contributed by atoms with Crippen molar-refractivity contribution in [3.05, 3.63) is 65.7 Å². The van der Waals surface area contributed by atoms with E-state index in [4.69, 9.17) is 0 Å². The molecule has 2 amide bonds. The van der Waals surface area contributed by atoms with Crippen LogP contribution >= 0.6 is 0 Å². The molecule has 1 aromatic heterocycles. The number of amides is 2. The van der Waals surface area contributed by atoms with E-state index in [0.29, 0.717) is 30.8 Å². The minimum atomic E-state index is -0.387. The van der Waals surface area contributed by atoms with Crippen molar-refractivity contribution in [1.82, 2.24) is 25.1 Å². The first-order valence-electron chi connectivity index (χ1n) is 9.71. The molecule has 30 heavy (non-hydrogen) atoms. The molecule has 2 heterocycles. The molecule has 0 radical (unpaired) electrons. The predicted molar refractivity (Wildman–Crippen MR) is 108 cm³/mol. The zero-order valence-electron chi connectivity index (χ0n) is 16.5. The maximum Gasteiger partial charge on any atom is 0.253 e. The second kappa shape index (κ2) is 8.40. The third-order valence-electron chi connectivity index (χ3n) is 5.24. The molecule has 0 bridgehead atoms. The molecule has 3 aromatic rings. The van der Waals surface area contributed by atoms with Gasteiger partial charge in [0.2, 0.25) is 5.91 Å². The van der Waals surface area contributed by atoms with Crippen LogP contribution in [0.25, 0.3) is 5.69 Å². The largest absolute Gasteiger partial charge is 0.338 e. The number of carbonyl (C=O) groups excluding carboxylic acids is 2. The number of halogens is 1. The molecule has 9 heteroatoms. The quantitative estimate of drug-likeness (QED) is 0.716. The standard InChI is InChI=1S/C21H21FN6O2/c1-14-4-9-18(11-19(14)28-13-23-25-26-28)24-20(29)16-3-2-10-27(12-16)21(30)15-5-7-17(22)8-6-15/h4-9,11,13,16H,2-3,10,12H2,1H3,(H,24,29). The second-order valence-corrected chi connectivity index (χ2v) is 7.34. The van der Waals surface area contributed by atoms with Crippen LogP contribution in [0.2, 0.25) is 0 Å². The Hall–Kier alpha value is -3.62. The van der Waals surface area contributed by atoms with Crippen LogP contribution in [0.1, 0.15) is 28.8 Å². The van der Waals surface area contributed by atoms with E-state index >= 15 is 0 Å². The van der Waals surface area contributed by atoms with Crippen LogP contribution in [0, 0.1) is 18.7 Å². The molecule has 1 atom stereocenters. The van der Waals surface area contributed by atoms with Crippen LogP contribution < -0.4 is 5.32 Å². The van der Waals surface area contributed by atoms with Gasteiger partial charge in [-0.1, -0.05) is 6.07 Å². The molecule has 154 valence electrons. The number of anilines is 1.